The molecule has 0 aromatic heterocycles. The van der Waals surface area contributed by atoms with Gasteiger partial charge in [0.25, 0.3) is 0 Å². The van der Waals surface area contributed by atoms with Crippen molar-refractivity contribution in [3.63, 3.8) is 0 Å². The molecule has 0 amide bonds. The van der Waals surface area contributed by atoms with E-state index in [0.29, 0.717) is 12.1 Å². The lowest BCUT2D eigenvalue weighted by atomic mass is 9.98. The summed E-state index contributed by atoms with van der Waals surface area (Å²) in [7, 11) is 2.06. The Morgan fingerprint density at radius 2 is 2.24 bits per heavy atom. The lowest BCUT2D eigenvalue weighted by molar-refractivity contribution is 0.387. The van der Waals surface area contributed by atoms with E-state index in [2.05, 4.69) is 80.9 Å². The number of anilines is 1. The molecule has 0 radical (unpaired) electrons. The number of nitrogens with one attached hydrogen (secondary N) is 1. The van der Waals surface area contributed by atoms with E-state index in [0.717, 1.165) is 6.54 Å². The van der Waals surface area contributed by atoms with Crippen molar-refractivity contribution in [3.05, 3.63) is 26.2 Å². The smallest absolute Gasteiger partial charge is 0.0513 e. The van der Waals surface area contributed by atoms with Gasteiger partial charge in [0.1, 0.15) is 0 Å². The van der Waals surface area contributed by atoms with Gasteiger partial charge in [-0.25, -0.2) is 0 Å². The monoisotopic (exact) mass is 408 g/mol. The molecule has 4 heteroatoms. The first-order valence-electron chi connectivity index (χ1n) is 6.00. The topological polar surface area (TPSA) is 15.3 Å². The molecule has 17 heavy (non-hydrogen) atoms. The normalized spacial score (nSPS) is 25.1. The van der Waals surface area contributed by atoms with E-state index in [-0.39, 0.29) is 0 Å². The van der Waals surface area contributed by atoms with E-state index in [1.165, 1.54) is 26.6 Å². The number of hydrogen-bond donors (Lipinski definition) is 1. The van der Waals surface area contributed by atoms with Gasteiger partial charge in [-0.1, -0.05) is 0 Å². The summed E-state index contributed by atoms with van der Waals surface area (Å²) < 4.78 is 2.48. The van der Waals surface area contributed by atoms with E-state index in [4.69, 9.17) is 0 Å². The van der Waals surface area contributed by atoms with Crippen LogP contribution >= 0.6 is 38.5 Å². The van der Waals surface area contributed by atoms with Gasteiger partial charge in [0.15, 0.2) is 0 Å². The maximum absolute atomic E-state index is 3.68. The minimum atomic E-state index is 0.595. The van der Waals surface area contributed by atoms with Gasteiger partial charge in [-0.05, 0) is 83.5 Å². The van der Waals surface area contributed by atoms with E-state index in [1.807, 2.05) is 0 Å². The standard InChI is InChI=1S/C13H18BrIN2/c1-9-7-11(16-2)5-6-17(9)13-4-3-10(15)8-12(13)14/h3-4,8-9,11,16H,5-7H2,1-2H3. The van der Waals surface area contributed by atoms with Crippen LogP contribution in [-0.2, 0) is 0 Å². The molecule has 0 spiro atoms. The summed E-state index contributed by atoms with van der Waals surface area (Å²) in [4.78, 5) is 2.51. The maximum Gasteiger partial charge on any atom is 0.0513 e. The van der Waals surface area contributed by atoms with Gasteiger partial charge in [-0.2, -0.15) is 0 Å². The first kappa shape index (κ1) is 13.6. The summed E-state index contributed by atoms with van der Waals surface area (Å²) >= 11 is 6.03. The number of hydrogen-bond acceptors (Lipinski definition) is 2. The van der Waals surface area contributed by atoms with Crippen LogP contribution < -0.4 is 10.2 Å². The fourth-order valence-corrected chi connectivity index (χ4v) is 4.03. The molecular formula is C13H18BrIN2. The fourth-order valence-electron chi connectivity index (χ4n) is 2.51. The molecule has 0 saturated carbocycles. The molecule has 1 saturated heterocycles. The van der Waals surface area contributed by atoms with Gasteiger partial charge in [0, 0.05) is 26.7 Å². The predicted molar refractivity (Wildman–Crippen MR) is 85.7 cm³/mol. The molecule has 0 bridgehead atoms. The maximum atomic E-state index is 3.68. The quantitative estimate of drug-likeness (QED) is 0.751. The van der Waals surface area contributed by atoms with Gasteiger partial charge in [0.05, 0.1) is 5.69 Å². The van der Waals surface area contributed by atoms with E-state index >= 15 is 0 Å². The van der Waals surface area contributed by atoms with Gasteiger partial charge >= 0.3 is 0 Å². The lowest BCUT2D eigenvalue weighted by Gasteiger charge is -2.39. The van der Waals surface area contributed by atoms with Crippen LogP contribution in [0.5, 0.6) is 0 Å². The van der Waals surface area contributed by atoms with Crippen LogP contribution in [0.25, 0.3) is 0 Å². The Morgan fingerprint density at radius 1 is 1.47 bits per heavy atom. The fraction of sp³-hybridized carbons (Fsp3) is 0.538. The minimum Gasteiger partial charge on any atom is -0.368 e. The summed E-state index contributed by atoms with van der Waals surface area (Å²) in [6.07, 6.45) is 2.44. The molecular weight excluding hydrogens is 391 g/mol. The first-order chi connectivity index (χ1) is 8.11. The van der Waals surface area contributed by atoms with Gasteiger partial charge < -0.3 is 10.2 Å². The summed E-state index contributed by atoms with van der Waals surface area (Å²) in [5.41, 5.74) is 1.33. The zero-order valence-electron chi connectivity index (χ0n) is 10.2. The zero-order chi connectivity index (χ0) is 12.4. The number of nitrogens with zero attached hydrogens (tertiary/aromatic N) is 1. The highest BCUT2D eigenvalue weighted by molar-refractivity contribution is 14.1. The Balaban J connectivity index is 2.17. The zero-order valence-corrected chi connectivity index (χ0v) is 14.0. The second-order valence-electron chi connectivity index (χ2n) is 4.65. The number of rotatable bonds is 2. The van der Waals surface area contributed by atoms with Crippen LogP contribution in [0.1, 0.15) is 19.8 Å². The third kappa shape index (κ3) is 3.15. The predicted octanol–water partition coefficient (Wildman–Crippen LogP) is 3.63. The molecule has 2 nitrogen and oxygen atoms in total. The van der Waals surface area contributed by atoms with Gasteiger partial charge in [-0.3, -0.25) is 0 Å². The molecule has 1 fully saturated rings. The van der Waals surface area contributed by atoms with Crippen molar-refractivity contribution < 1.29 is 0 Å². The van der Waals surface area contributed by atoms with Crippen molar-refractivity contribution in [2.24, 2.45) is 0 Å². The van der Waals surface area contributed by atoms with Crippen LogP contribution in [0, 0.1) is 3.57 Å². The molecule has 1 N–H and O–H groups in total. The van der Waals surface area contributed by atoms with Crippen LogP contribution in [-0.4, -0.2) is 25.7 Å². The van der Waals surface area contributed by atoms with Crippen LogP contribution in [0.2, 0.25) is 0 Å². The lowest BCUT2D eigenvalue weighted by Crippen LogP contribution is -2.46. The number of piperidine rings is 1. The van der Waals surface area contributed by atoms with E-state index in [1.54, 1.807) is 0 Å². The Labute approximate surface area is 125 Å². The molecule has 94 valence electrons. The van der Waals surface area contributed by atoms with E-state index in [9.17, 15) is 0 Å². The van der Waals surface area contributed by atoms with Crippen LogP contribution in [0.4, 0.5) is 5.69 Å². The Bertz CT molecular complexity index is 397. The van der Waals surface area contributed by atoms with Crippen molar-refractivity contribution >= 4 is 44.2 Å². The summed E-state index contributed by atoms with van der Waals surface area (Å²) in [6.45, 7) is 3.44. The van der Waals surface area contributed by atoms with Crippen molar-refractivity contribution in [1.29, 1.82) is 0 Å². The third-order valence-electron chi connectivity index (χ3n) is 3.50. The molecule has 1 aliphatic heterocycles. The molecule has 0 aliphatic carbocycles. The second kappa shape index (κ2) is 5.89. The first-order valence-corrected chi connectivity index (χ1v) is 7.88. The van der Waals surface area contributed by atoms with Gasteiger partial charge in [0.2, 0.25) is 0 Å². The molecule has 1 aromatic rings. The summed E-state index contributed by atoms with van der Waals surface area (Å²) in [5, 5.41) is 3.39. The van der Waals surface area contributed by atoms with Crippen molar-refractivity contribution in [2.45, 2.75) is 31.8 Å². The average Bonchev–Trinajstić information content (AvgIpc) is 2.30. The molecule has 2 unspecified atom stereocenters. The second-order valence-corrected chi connectivity index (χ2v) is 6.75. The number of halogens is 2. The van der Waals surface area contributed by atoms with Crippen LogP contribution in [0.15, 0.2) is 22.7 Å². The highest BCUT2D eigenvalue weighted by Gasteiger charge is 2.25. The highest BCUT2D eigenvalue weighted by Crippen LogP contribution is 2.32. The number of benzene rings is 1. The third-order valence-corrected chi connectivity index (χ3v) is 4.81. The van der Waals surface area contributed by atoms with Gasteiger partial charge in [-0.15, -0.1) is 0 Å². The molecule has 2 atom stereocenters. The molecule has 1 heterocycles. The largest absolute Gasteiger partial charge is 0.368 e. The van der Waals surface area contributed by atoms with E-state index < -0.39 is 0 Å². The molecule has 1 aromatic carbocycles. The SMILES string of the molecule is CNC1CCN(c2ccc(I)cc2Br)C(C)C1. The molecule has 2 rings (SSSR count). The average molecular weight is 409 g/mol. The summed E-state index contributed by atoms with van der Waals surface area (Å²) in [6, 6.07) is 7.85. The Kier molecular flexibility index (Phi) is 4.72. The Hall–Kier alpha value is 0.190. The van der Waals surface area contributed by atoms with Crippen molar-refractivity contribution in [1.82, 2.24) is 5.32 Å². The Morgan fingerprint density at radius 3 is 2.82 bits per heavy atom. The highest BCUT2D eigenvalue weighted by atomic mass is 127. The minimum absolute atomic E-state index is 0.595. The van der Waals surface area contributed by atoms with Crippen LogP contribution in [0.3, 0.4) is 0 Å². The van der Waals surface area contributed by atoms with Crippen molar-refractivity contribution in [2.75, 3.05) is 18.5 Å². The molecule has 1 aliphatic rings. The van der Waals surface area contributed by atoms with Crippen molar-refractivity contribution in [3.8, 4) is 0 Å². The summed E-state index contributed by atoms with van der Waals surface area (Å²) in [5.74, 6) is 0.